The minimum Gasteiger partial charge on any atom is -0.480 e. The van der Waals surface area contributed by atoms with Crippen LogP contribution in [0.3, 0.4) is 0 Å². The van der Waals surface area contributed by atoms with E-state index in [0.717, 1.165) is 5.69 Å². The van der Waals surface area contributed by atoms with E-state index in [1.54, 1.807) is 27.9 Å². The molecular formula is C15H15F3N4O3. The second-order valence-corrected chi connectivity index (χ2v) is 5.82. The summed E-state index contributed by atoms with van der Waals surface area (Å²) in [6.45, 7) is 0.803. The first kappa shape index (κ1) is 17.2. The van der Waals surface area contributed by atoms with E-state index in [1.165, 1.54) is 0 Å². The van der Waals surface area contributed by atoms with Gasteiger partial charge in [-0.2, -0.15) is 13.2 Å². The van der Waals surface area contributed by atoms with Crippen LogP contribution in [0.2, 0.25) is 0 Å². The van der Waals surface area contributed by atoms with Gasteiger partial charge in [-0.15, -0.1) is 0 Å². The molecule has 0 aliphatic carbocycles. The third-order valence-electron chi connectivity index (χ3n) is 4.03. The van der Waals surface area contributed by atoms with Gasteiger partial charge >= 0.3 is 12.1 Å². The van der Waals surface area contributed by atoms with E-state index in [9.17, 15) is 22.8 Å². The molecule has 0 bridgehead atoms. The Morgan fingerprint density at radius 3 is 2.84 bits per heavy atom. The Hall–Kier alpha value is -2.62. The summed E-state index contributed by atoms with van der Waals surface area (Å²) in [7, 11) is 0. The molecule has 0 spiro atoms. The minimum atomic E-state index is -4.69. The van der Waals surface area contributed by atoms with Crippen LogP contribution >= 0.6 is 0 Å². The van der Waals surface area contributed by atoms with Crippen molar-refractivity contribution in [1.82, 2.24) is 19.4 Å². The molecule has 1 aliphatic rings. The van der Waals surface area contributed by atoms with Gasteiger partial charge in [-0.05, 0) is 12.1 Å². The highest BCUT2D eigenvalue weighted by molar-refractivity contribution is 5.66. The van der Waals surface area contributed by atoms with Gasteiger partial charge < -0.3 is 14.7 Å². The smallest absolute Gasteiger partial charge is 0.449 e. The molecule has 0 fully saturated rings. The molecule has 7 nitrogen and oxygen atoms in total. The normalized spacial score (nSPS) is 15.2. The Morgan fingerprint density at radius 2 is 2.16 bits per heavy atom. The number of carboxylic acid groups (broad SMARTS) is 1. The van der Waals surface area contributed by atoms with Crippen LogP contribution < -0.4 is 5.56 Å². The van der Waals surface area contributed by atoms with Crippen LogP contribution in [0, 0.1) is 0 Å². The first-order valence-corrected chi connectivity index (χ1v) is 7.51. The molecule has 1 aliphatic heterocycles. The van der Waals surface area contributed by atoms with Gasteiger partial charge in [0.05, 0.1) is 11.3 Å². The van der Waals surface area contributed by atoms with Crippen molar-refractivity contribution < 1.29 is 23.1 Å². The maximum Gasteiger partial charge on any atom is 0.449 e. The van der Waals surface area contributed by atoms with Crippen molar-refractivity contribution in [2.24, 2.45) is 0 Å². The maximum atomic E-state index is 12.7. The van der Waals surface area contributed by atoms with Crippen molar-refractivity contribution in [2.45, 2.75) is 32.2 Å². The van der Waals surface area contributed by atoms with E-state index in [-0.39, 0.29) is 30.8 Å². The number of aliphatic carboxylic acids is 1. The monoisotopic (exact) mass is 356 g/mol. The molecule has 25 heavy (non-hydrogen) atoms. The summed E-state index contributed by atoms with van der Waals surface area (Å²) in [4.78, 5) is 30.0. The summed E-state index contributed by atoms with van der Waals surface area (Å²) in [5.74, 6) is -2.25. The van der Waals surface area contributed by atoms with Crippen LogP contribution in [-0.2, 0) is 37.0 Å². The Kier molecular flexibility index (Phi) is 4.38. The van der Waals surface area contributed by atoms with E-state index < -0.39 is 23.5 Å². The number of nitrogens with one attached hydrogen (secondary N) is 1. The van der Waals surface area contributed by atoms with Crippen molar-refractivity contribution in [3.05, 3.63) is 51.5 Å². The molecule has 0 radical (unpaired) electrons. The largest absolute Gasteiger partial charge is 0.480 e. The lowest BCUT2D eigenvalue weighted by Gasteiger charge is -2.28. The second-order valence-electron chi connectivity index (χ2n) is 5.82. The Balaban J connectivity index is 1.79. The third kappa shape index (κ3) is 3.73. The number of rotatable bonds is 4. The molecule has 0 saturated heterocycles. The number of hydrogen-bond acceptors (Lipinski definition) is 4. The van der Waals surface area contributed by atoms with Gasteiger partial charge in [-0.1, -0.05) is 0 Å². The summed E-state index contributed by atoms with van der Waals surface area (Å²) in [6.07, 6.45) is -2.82. The lowest BCUT2D eigenvalue weighted by Crippen LogP contribution is -2.37. The molecule has 10 heteroatoms. The maximum absolute atomic E-state index is 12.7. The van der Waals surface area contributed by atoms with Gasteiger partial charge in [0.25, 0.3) is 5.56 Å². The van der Waals surface area contributed by atoms with Crippen molar-refractivity contribution in [3.63, 3.8) is 0 Å². The fourth-order valence-corrected chi connectivity index (χ4v) is 2.87. The lowest BCUT2D eigenvalue weighted by atomic mass is 10.1. The standard InChI is InChI=1S/C15H15F3N4O3/c16-15(17,18)14-19-11-3-5-21(7-10(11)13(25)20-14)6-9-2-1-4-22(9)8-12(23)24/h1-2,4H,3,5-8H2,(H,23,24)(H,19,20,25). The topological polar surface area (TPSA) is 91.2 Å². The highest BCUT2D eigenvalue weighted by Gasteiger charge is 2.36. The number of hydrogen-bond donors (Lipinski definition) is 2. The fourth-order valence-electron chi connectivity index (χ4n) is 2.87. The molecule has 2 aromatic rings. The van der Waals surface area contributed by atoms with Crippen molar-refractivity contribution in [3.8, 4) is 0 Å². The highest BCUT2D eigenvalue weighted by atomic mass is 19.4. The van der Waals surface area contributed by atoms with Crippen LogP contribution in [0.25, 0.3) is 0 Å². The van der Waals surface area contributed by atoms with Crippen LogP contribution in [0.4, 0.5) is 13.2 Å². The first-order chi connectivity index (χ1) is 11.7. The van der Waals surface area contributed by atoms with Gasteiger partial charge in [-0.25, -0.2) is 4.98 Å². The number of nitrogens with zero attached hydrogens (tertiary/aromatic N) is 3. The van der Waals surface area contributed by atoms with Gasteiger partial charge in [0, 0.05) is 37.9 Å². The zero-order valence-electron chi connectivity index (χ0n) is 13.0. The number of fused-ring (bicyclic) bond motifs is 1. The number of aromatic nitrogens is 3. The molecular weight excluding hydrogens is 341 g/mol. The molecule has 2 aromatic heterocycles. The average molecular weight is 356 g/mol. The van der Waals surface area contributed by atoms with Crippen molar-refractivity contribution >= 4 is 5.97 Å². The molecule has 0 atom stereocenters. The van der Waals surface area contributed by atoms with Gasteiger partial charge in [0.1, 0.15) is 6.54 Å². The number of H-pyrrole nitrogens is 1. The Labute approximate surface area is 139 Å². The highest BCUT2D eigenvalue weighted by Crippen LogP contribution is 2.26. The average Bonchev–Trinajstić information content (AvgIpc) is 2.93. The van der Waals surface area contributed by atoms with Gasteiger partial charge in [0.2, 0.25) is 5.82 Å². The van der Waals surface area contributed by atoms with E-state index in [0.29, 0.717) is 13.1 Å². The molecule has 0 aromatic carbocycles. The number of alkyl halides is 3. The molecule has 2 N–H and O–H groups in total. The fraction of sp³-hybridized carbons (Fsp3) is 0.400. The number of halogens is 3. The van der Waals surface area contributed by atoms with Crippen LogP contribution in [0.5, 0.6) is 0 Å². The summed E-state index contributed by atoms with van der Waals surface area (Å²) in [6, 6.07) is 3.49. The number of carbonyl (C=O) groups is 1. The van der Waals surface area contributed by atoms with Crippen molar-refractivity contribution in [2.75, 3.05) is 6.54 Å². The summed E-state index contributed by atoms with van der Waals surface area (Å²) < 4.78 is 39.7. The van der Waals surface area contributed by atoms with E-state index in [2.05, 4.69) is 4.98 Å². The predicted octanol–water partition coefficient (Wildman–Crippen LogP) is 1.23. The van der Waals surface area contributed by atoms with Gasteiger partial charge in [-0.3, -0.25) is 14.5 Å². The zero-order valence-corrected chi connectivity index (χ0v) is 13.0. The SMILES string of the molecule is O=C(O)Cn1cccc1CN1CCc2nc(C(F)(F)F)[nH]c(=O)c2C1. The lowest BCUT2D eigenvalue weighted by molar-refractivity contribution is -0.145. The van der Waals surface area contributed by atoms with Crippen LogP contribution in [-0.4, -0.2) is 37.1 Å². The predicted molar refractivity (Wildman–Crippen MR) is 79.7 cm³/mol. The summed E-state index contributed by atoms with van der Waals surface area (Å²) >= 11 is 0. The molecule has 3 rings (SSSR count). The molecule has 134 valence electrons. The van der Waals surface area contributed by atoms with Crippen LogP contribution in [0.1, 0.15) is 22.8 Å². The minimum absolute atomic E-state index is 0.160. The van der Waals surface area contributed by atoms with E-state index in [1.807, 2.05) is 4.90 Å². The van der Waals surface area contributed by atoms with Gasteiger partial charge in [0.15, 0.2) is 0 Å². The summed E-state index contributed by atoms with van der Waals surface area (Å²) in [5, 5.41) is 8.89. The molecule has 0 saturated carbocycles. The molecule has 0 unspecified atom stereocenters. The number of aromatic amines is 1. The van der Waals surface area contributed by atoms with E-state index in [4.69, 9.17) is 5.11 Å². The zero-order chi connectivity index (χ0) is 18.2. The molecule has 3 heterocycles. The van der Waals surface area contributed by atoms with Crippen molar-refractivity contribution in [1.29, 1.82) is 0 Å². The first-order valence-electron chi connectivity index (χ1n) is 7.51. The Morgan fingerprint density at radius 1 is 1.40 bits per heavy atom. The van der Waals surface area contributed by atoms with E-state index >= 15 is 0 Å². The Bertz CT molecular complexity index is 856. The van der Waals surface area contributed by atoms with Crippen LogP contribution in [0.15, 0.2) is 23.1 Å². The summed E-state index contributed by atoms with van der Waals surface area (Å²) in [5.41, 5.74) is 0.342. The molecule has 0 amide bonds. The number of carboxylic acids is 1. The quantitative estimate of drug-likeness (QED) is 0.860. The second kappa shape index (κ2) is 6.36. The third-order valence-corrected chi connectivity index (χ3v) is 4.03.